The van der Waals surface area contributed by atoms with E-state index in [1.54, 1.807) is 14.2 Å². The van der Waals surface area contributed by atoms with Crippen molar-refractivity contribution in [3.05, 3.63) is 53.1 Å². The summed E-state index contributed by atoms with van der Waals surface area (Å²) in [5, 5.41) is 3.18. The van der Waals surface area contributed by atoms with E-state index in [9.17, 15) is 0 Å². The number of benzene rings is 2. The van der Waals surface area contributed by atoms with Crippen LogP contribution >= 0.6 is 0 Å². The van der Waals surface area contributed by atoms with Crippen LogP contribution in [0.25, 0.3) is 0 Å². The number of aliphatic imine (C=N–C) groups is 1. The molecule has 6 nitrogen and oxygen atoms in total. The molecule has 6 heteroatoms. The van der Waals surface area contributed by atoms with Gasteiger partial charge in [0, 0.05) is 19.5 Å². The minimum absolute atomic E-state index is 0.472. The van der Waals surface area contributed by atoms with E-state index in [0.29, 0.717) is 12.5 Å². The number of fused-ring (bicyclic) bond motifs is 1. The molecule has 0 aliphatic carbocycles. The molecule has 144 valence electrons. The molecule has 3 rings (SSSR count). The van der Waals surface area contributed by atoms with Gasteiger partial charge in [-0.05, 0) is 47.7 Å². The maximum Gasteiger partial charge on any atom is 0.188 e. The lowest BCUT2D eigenvalue weighted by molar-refractivity contribution is 0.354. The summed E-state index contributed by atoms with van der Waals surface area (Å²) in [5.41, 5.74) is 9.68. The number of hydrogen-bond acceptors (Lipinski definition) is 4. The zero-order chi connectivity index (χ0) is 19.1. The van der Waals surface area contributed by atoms with Crippen LogP contribution in [0.1, 0.15) is 16.7 Å². The lowest BCUT2D eigenvalue weighted by Crippen LogP contribution is -2.33. The minimum atomic E-state index is 0.472. The van der Waals surface area contributed by atoms with Crippen LogP contribution in [0.2, 0.25) is 0 Å². The van der Waals surface area contributed by atoms with E-state index in [4.69, 9.17) is 19.9 Å². The predicted octanol–water partition coefficient (Wildman–Crippen LogP) is 2.33. The molecule has 0 spiro atoms. The fourth-order valence-corrected chi connectivity index (χ4v) is 3.13. The average Bonchev–Trinajstić information content (AvgIpc) is 3.15. The molecule has 1 aliphatic rings. The maximum absolute atomic E-state index is 5.97. The van der Waals surface area contributed by atoms with E-state index >= 15 is 0 Å². The topological polar surface area (TPSA) is 78.1 Å². The Kier molecular flexibility index (Phi) is 6.41. The number of nitrogens with two attached hydrogens (primary N) is 1. The molecule has 0 atom stereocenters. The van der Waals surface area contributed by atoms with Gasteiger partial charge in [-0.3, -0.25) is 4.99 Å². The normalized spacial score (nSPS) is 13.0. The molecule has 0 unspecified atom stereocenters. The maximum atomic E-state index is 5.97. The molecule has 0 radical (unpaired) electrons. The van der Waals surface area contributed by atoms with E-state index < -0.39 is 0 Å². The number of methoxy groups -OCH3 is 2. The third-order valence-corrected chi connectivity index (χ3v) is 4.60. The molecular weight excluding hydrogens is 342 g/mol. The number of ether oxygens (including phenoxy) is 3. The molecule has 2 aromatic rings. The molecule has 0 aromatic heterocycles. The number of hydrogen-bond donors (Lipinski definition) is 2. The van der Waals surface area contributed by atoms with Gasteiger partial charge in [0.05, 0.1) is 20.8 Å². The smallest absolute Gasteiger partial charge is 0.188 e. The largest absolute Gasteiger partial charge is 0.493 e. The van der Waals surface area contributed by atoms with Crippen molar-refractivity contribution in [2.45, 2.75) is 19.3 Å². The zero-order valence-electron chi connectivity index (χ0n) is 16.0. The van der Waals surface area contributed by atoms with E-state index in [0.717, 1.165) is 55.2 Å². The van der Waals surface area contributed by atoms with Crippen LogP contribution in [0.3, 0.4) is 0 Å². The predicted molar refractivity (Wildman–Crippen MR) is 107 cm³/mol. The summed E-state index contributed by atoms with van der Waals surface area (Å²) < 4.78 is 16.1. The summed E-state index contributed by atoms with van der Waals surface area (Å²) in [6.45, 7) is 2.16. The lowest BCUT2D eigenvalue weighted by Gasteiger charge is -2.09. The Balaban J connectivity index is 1.43. The molecule has 0 bridgehead atoms. The van der Waals surface area contributed by atoms with Crippen LogP contribution in [0.15, 0.2) is 41.4 Å². The van der Waals surface area contributed by atoms with Crippen LogP contribution in [-0.4, -0.2) is 39.9 Å². The van der Waals surface area contributed by atoms with Gasteiger partial charge in [-0.2, -0.15) is 0 Å². The molecule has 0 saturated carbocycles. The third kappa shape index (κ3) is 5.06. The Labute approximate surface area is 160 Å². The first-order valence-corrected chi connectivity index (χ1v) is 9.19. The van der Waals surface area contributed by atoms with Crippen molar-refractivity contribution in [3.63, 3.8) is 0 Å². The van der Waals surface area contributed by atoms with Gasteiger partial charge < -0.3 is 25.3 Å². The summed E-state index contributed by atoms with van der Waals surface area (Å²) in [5.74, 6) is 2.94. The number of nitrogens with one attached hydrogen (secondary N) is 1. The second-order valence-electron chi connectivity index (χ2n) is 6.42. The quantitative estimate of drug-likeness (QED) is 0.552. The standard InChI is InChI=1S/C21H27N3O3/c1-25-19-6-4-16(14-20(19)26-2)8-11-24-21(22)23-10-7-15-3-5-18-17(13-15)9-12-27-18/h3-6,13-14H,7-12H2,1-2H3,(H3,22,23,24). The Morgan fingerprint density at radius 3 is 2.67 bits per heavy atom. The van der Waals surface area contributed by atoms with Crippen molar-refractivity contribution in [2.24, 2.45) is 10.7 Å². The SMILES string of the molecule is COc1ccc(CCN=C(N)NCCc2ccc3c(c2)CCO3)cc1OC. The second kappa shape index (κ2) is 9.16. The summed E-state index contributed by atoms with van der Waals surface area (Å²) in [6.07, 6.45) is 2.68. The van der Waals surface area contributed by atoms with Crippen molar-refractivity contribution in [1.29, 1.82) is 0 Å². The summed E-state index contributed by atoms with van der Waals surface area (Å²) in [6, 6.07) is 12.3. The highest BCUT2D eigenvalue weighted by molar-refractivity contribution is 5.77. The molecule has 0 saturated heterocycles. The van der Waals surface area contributed by atoms with Crippen molar-refractivity contribution in [3.8, 4) is 17.2 Å². The monoisotopic (exact) mass is 369 g/mol. The first-order valence-electron chi connectivity index (χ1n) is 9.19. The third-order valence-electron chi connectivity index (χ3n) is 4.60. The summed E-state index contributed by atoms with van der Waals surface area (Å²) >= 11 is 0. The molecule has 2 aromatic carbocycles. The fourth-order valence-electron chi connectivity index (χ4n) is 3.13. The molecular formula is C21H27N3O3. The molecule has 1 heterocycles. The molecule has 0 amide bonds. The lowest BCUT2D eigenvalue weighted by atomic mass is 10.1. The second-order valence-corrected chi connectivity index (χ2v) is 6.42. The fraction of sp³-hybridized carbons (Fsp3) is 0.381. The number of guanidine groups is 1. The van der Waals surface area contributed by atoms with Gasteiger partial charge in [0.1, 0.15) is 5.75 Å². The van der Waals surface area contributed by atoms with E-state index in [1.807, 2.05) is 18.2 Å². The number of nitrogens with zero attached hydrogens (tertiary/aromatic N) is 1. The van der Waals surface area contributed by atoms with Crippen LogP contribution in [0.4, 0.5) is 0 Å². The Hall–Kier alpha value is -2.89. The van der Waals surface area contributed by atoms with Crippen molar-refractivity contribution in [1.82, 2.24) is 5.32 Å². The van der Waals surface area contributed by atoms with Gasteiger partial charge in [-0.1, -0.05) is 18.2 Å². The Morgan fingerprint density at radius 1 is 1.07 bits per heavy atom. The van der Waals surface area contributed by atoms with Gasteiger partial charge in [0.15, 0.2) is 17.5 Å². The van der Waals surface area contributed by atoms with Crippen molar-refractivity contribution in [2.75, 3.05) is 33.9 Å². The average molecular weight is 369 g/mol. The highest BCUT2D eigenvalue weighted by atomic mass is 16.5. The van der Waals surface area contributed by atoms with Crippen LogP contribution in [0.5, 0.6) is 17.2 Å². The van der Waals surface area contributed by atoms with E-state index in [2.05, 4.69) is 28.5 Å². The summed E-state index contributed by atoms with van der Waals surface area (Å²) in [4.78, 5) is 4.40. The highest BCUT2D eigenvalue weighted by Gasteiger charge is 2.11. The first-order chi connectivity index (χ1) is 13.2. The zero-order valence-corrected chi connectivity index (χ0v) is 16.0. The van der Waals surface area contributed by atoms with E-state index in [-0.39, 0.29) is 0 Å². The highest BCUT2D eigenvalue weighted by Crippen LogP contribution is 2.28. The molecule has 0 fully saturated rings. The van der Waals surface area contributed by atoms with Gasteiger partial charge in [0.2, 0.25) is 0 Å². The molecule has 3 N–H and O–H groups in total. The van der Waals surface area contributed by atoms with Crippen molar-refractivity contribution < 1.29 is 14.2 Å². The van der Waals surface area contributed by atoms with Crippen LogP contribution in [0, 0.1) is 0 Å². The molecule has 1 aliphatic heterocycles. The van der Waals surface area contributed by atoms with Gasteiger partial charge in [-0.25, -0.2) is 0 Å². The molecule has 27 heavy (non-hydrogen) atoms. The first kappa shape index (κ1) is 18.9. The Morgan fingerprint density at radius 2 is 1.85 bits per heavy atom. The van der Waals surface area contributed by atoms with Crippen LogP contribution < -0.4 is 25.3 Å². The Bertz CT molecular complexity index is 805. The van der Waals surface area contributed by atoms with Crippen LogP contribution in [-0.2, 0) is 19.3 Å². The van der Waals surface area contributed by atoms with E-state index in [1.165, 1.54) is 11.1 Å². The van der Waals surface area contributed by atoms with Crippen molar-refractivity contribution >= 4 is 5.96 Å². The van der Waals surface area contributed by atoms with Gasteiger partial charge in [0.25, 0.3) is 0 Å². The minimum Gasteiger partial charge on any atom is -0.493 e. The summed E-state index contributed by atoms with van der Waals surface area (Å²) in [7, 11) is 3.26. The number of rotatable bonds is 8. The van der Waals surface area contributed by atoms with Gasteiger partial charge >= 0.3 is 0 Å². The van der Waals surface area contributed by atoms with Gasteiger partial charge in [-0.15, -0.1) is 0 Å².